The standard InChI is InChI=1S/C12H16FNO3/c1-2-3-4-5-6-17-11-10(12(15)16)7-9(13)8-14-11/h7-8H,2-6H2,1H3,(H,15,16). The summed E-state index contributed by atoms with van der Waals surface area (Å²) >= 11 is 0. The van der Waals surface area contributed by atoms with E-state index in [1.807, 2.05) is 0 Å². The highest BCUT2D eigenvalue weighted by atomic mass is 19.1. The lowest BCUT2D eigenvalue weighted by Gasteiger charge is -2.07. The van der Waals surface area contributed by atoms with Crippen LogP contribution < -0.4 is 4.74 Å². The number of hydrogen-bond donors (Lipinski definition) is 1. The van der Waals surface area contributed by atoms with E-state index in [4.69, 9.17) is 9.84 Å². The second-order valence-corrected chi connectivity index (χ2v) is 3.72. The highest BCUT2D eigenvalue weighted by molar-refractivity contribution is 5.90. The summed E-state index contributed by atoms with van der Waals surface area (Å²) in [5, 5.41) is 8.84. The summed E-state index contributed by atoms with van der Waals surface area (Å²) in [5.41, 5.74) is -0.236. The Morgan fingerprint density at radius 1 is 1.47 bits per heavy atom. The van der Waals surface area contributed by atoms with Crippen LogP contribution in [0.3, 0.4) is 0 Å². The van der Waals surface area contributed by atoms with Crippen molar-refractivity contribution < 1.29 is 19.0 Å². The molecule has 4 nitrogen and oxygen atoms in total. The van der Waals surface area contributed by atoms with Gasteiger partial charge in [-0.3, -0.25) is 0 Å². The first-order valence-corrected chi connectivity index (χ1v) is 5.66. The number of carboxylic acid groups (broad SMARTS) is 1. The van der Waals surface area contributed by atoms with Crippen LogP contribution in [0.25, 0.3) is 0 Å². The molecule has 0 aromatic carbocycles. The van der Waals surface area contributed by atoms with E-state index in [0.29, 0.717) is 6.61 Å². The van der Waals surface area contributed by atoms with Crippen LogP contribution in [0.4, 0.5) is 4.39 Å². The molecule has 0 spiro atoms. The minimum Gasteiger partial charge on any atom is -0.477 e. The molecule has 5 heteroatoms. The number of carboxylic acids is 1. The van der Waals surface area contributed by atoms with Gasteiger partial charge in [0.15, 0.2) is 0 Å². The molecule has 0 aliphatic rings. The Hall–Kier alpha value is -1.65. The maximum atomic E-state index is 12.8. The maximum absolute atomic E-state index is 12.8. The van der Waals surface area contributed by atoms with Gasteiger partial charge in [0.05, 0.1) is 12.8 Å². The van der Waals surface area contributed by atoms with Crippen molar-refractivity contribution in [3.8, 4) is 5.88 Å². The Morgan fingerprint density at radius 2 is 2.24 bits per heavy atom. The van der Waals surface area contributed by atoms with Gasteiger partial charge in [0, 0.05) is 0 Å². The van der Waals surface area contributed by atoms with Crippen LogP contribution in [0, 0.1) is 5.82 Å². The summed E-state index contributed by atoms with van der Waals surface area (Å²) in [6, 6.07) is 0.913. The SMILES string of the molecule is CCCCCCOc1ncc(F)cc1C(=O)O. The van der Waals surface area contributed by atoms with Gasteiger partial charge in [-0.1, -0.05) is 26.2 Å². The number of carbonyl (C=O) groups is 1. The van der Waals surface area contributed by atoms with E-state index in [1.54, 1.807) is 0 Å². The number of unbranched alkanes of at least 4 members (excludes halogenated alkanes) is 3. The number of aromatic nitrogens is 1. The Morgan fingerprint density at radius 3 is 2.88 bits per heavy atom. The molecule has 0 atom stereocenters. The third-order valence-corrected chi connectivity index (χ3v) is 2.28. The van der Waals surface area contributed by atoms with Gasteiger partial charge in [-0.25, -0.2) is 14.2 Å². The van der Waals surface area contributed by atoms with Crippen molar-refractivity contribution in [3.63, 3.8) is 0 Å². The third-order valence-electron chi connectivity index (χ3n) is 2.28. The Bertz CT molecular complexity index is 382. The molecule has 0 amide bonds. The lowest BCUT2D eigenvalue weighted by Crippen LogP contribution is -2.07. The summed E-state index contributed by atoms with van der Waals surface area (Å²) < 4.78 is 18.1. The smallest absolute Gasteiger partial charge is 0.341 e. The zero-order valence-corrected chi connectivity index (χ0v) is 9.78. The highest BCUT2D eigenvalue weighted by Gasteiger charge is 2.13. The number of rotatable bonds is 7. The van der Waals surface area contributed by atoms with Gasteiger partial charge in [0.2, 0.25) is 5.88 Å². The monoisotopic (exact) mass is 241 g/mol. The third kappa shape index (κ3) is 4.38. The van der Waals surface area contributed by atoms with Crippen LogP contribution in [0.1, 0.15) is 43.0 Å². The first-order valence-electron chi connectivity index (χ1n) is 5.66. The quantitative estimate of drug-likeness (QED) is 0.746. The van der Waals surface area contributed by atoms with E-state index in [2.05, 4.69) is 11.9 Å². The zero-order chi connectivity index (χ0) is 12.7. The molecule has 1 aromatic heterocycles. The molecule has 1 N–H and O–H groups in total. The molecule has 0 saturated carbocycles. The lowest BCUT2D eigenvalue weighted by molar-refractivity contribution is 0.0690. The minimum atomic E-state index is -1.24. The normalized spacial score (nSPS) is 10.2. The molecule has 0 fully saturated rings. The molecule has 94 valence electrons. The molecular weight excluding hydrogens is 225 g/mol. The lowest BCUT2D eigenvalue weighted by atomic mass is 10.2. The van der Waals surface area contributed by atoms with Crippen LogP contribution >= 0.6 is 0 Å². The van der Waals surface area contributed by atoms with Crippen LogP contribution in [-0.2, 0) is 0 Å². The summed E-state index contributed by atoms with van der Waals surface area (Å²) in [6.07, 6.45) is 5.06. The largest absolute Gasteiger partial charge is 0.477 e. The van der Waals surface area contributed by atoms with E-state index in [9.17, 15) is 9.18 Å². The number of halogens is 1. The van der Waals surface area contributed by atoms with Crippen LogP contribution in [0.2, 0.25) is 0 Å². The predicted octanol–water partition coefficient (Wildman–Crippen LogP) is 2.88. The van der Waals surface area contributed by atoms with E-state index >= 15 is 0 Å². The second kappa shape index (κ2) is 6.83. The number of aromatic carboxylic acids is 1. The zero-order valence-electron chi connectivity index (χ0n) is 9.78. The first kappa shape index (κ1) is 13.4. The average Bonchev–Trinajstić information content (AvgIpc) is 2.30. The number of hydrogen-bond acceptors (Lipinski definition) is 3. The topological polar surface area (TPSA) is 59.4 Å². The van der Waals surface area contributed by atoms with Crippen molar-refractivity contribution in [2.75, 3.05) is 6.61 Å². The van der Waals surface area contributed by atoms with Crippen molar-refractivity contribution in [2.24, 2.45) is 0 Å². The van der Waals surface area contributed by atoms with Gasteiger partial charge in [-0.2, -0.15) is 0 Å². The summed E-state index contributed by atoms with van der Waals surface area (Å²) in [6.45, 7) is 2.50. The van der Waals surface area contributed by atoms with Gasteiger partial charge in [0.1, 0.15) is 11.4 Å². The Balaban J connectivity index is 2.55. The van der Waals surface area contributed by atoms with Gasteiger partial charge in [0.25, 0.3) is 0 Å². The molecule has 0 unspecified atom stereocenters. The molecule has 1 rings (SSSR count). The highest BCUT2D eigenvalue weighted by Crippen LogP contribution is 2.16. The Kier molecular flexibility index (Phi) is 5.39. The van der Waals surface area contributed by atoms with Crippen LogP contribution in [-0.4, -0.2) is 22.7 Å². The molecule has 0 saturated heterocycles. The first-order chi connectivity index (χ1) is 8.15. The fourth-order valence-electron chi connectivity index (χ4n) is 1.39. The molecule has 0 aliphatic heterocycles. The minimum absolute atomic E-state index is 0.0181. The molecular formula is C12H16FNO3. The van der Waals surface area contributed by atoms with E-state index in [-0.39, 0.29) is 11.4 Å². The molecule has 1 heterocycles. The number of pyridine rings is 1. The molecule has 17 heavy (non-hydrogen) atoms. The van der Waals surface area contributed by atoms with Crippen molar-refractivity contribution in [3.05, 3.63) is 23.6 Å². The molecule has 0 aliphatic carbocycles. The average molecular weight is 241 g/mol. The van der Waals surface area contributed by atoms with Crippen molar-refractivity contribution in [2.45, 2.75) is 32.6 Å². The van der Waals surface area contributed by atoms with E-state index < -0.39 is 11.8 Å². The number of ether oxygens (including phenoxy) is 1. The van der Waals surface area contributed by atoms with Crippen molar-refractivity contribution in [1.82, 2.24) is 4.98 Å². The van der Waals surface area contributed by atoms with Crippen molar-refractivity contribution in [1.29, 1.82) is 0 Å². The molecule has 0 radical (unpaired) electrons. The summed E-state index contributed by atoms with van der Waals surface area (Å²) in [5.74, 6) is -1.93. The van der Waals surface area contributed by atoms with Crippen molar-refractivity contribution >= 4 is 5.97 Å². The van der Waals surface area contributed by atoms with Gasteiger partial charge >= 0.3 is 5.97 Å². The fraction of sp³-hybridized carbons (Fsp3) is 0.500. The predicted molar refractivity (Wildman–Crippen MR) is 60.8 cm³/mol. The summed E-state index contributed by atoms with van der Waals surface area (Å²) in [4.78, 5) is 14.5. The van der Waals surface area contributed by atoms with Gasteiger partial charge in [-0.15, -0.1) is 0 Å². The van der Waals surface area contributed by atoms with E-state index in [1.165, 1.54) is 0 Å². The van der Waals surface area contributed by atoms with Crippen LogP contribution in [0.5, 0.6) is 5.88 Å². The maximum Gasteiger partial charge on any atom is 0.341 e. The number of nitrogens with zero attached hydrogens (tertiary/aromatic N) is 1. The Labute approximate surface area is 99.4 Å². The van der Waals surface area contributed by atoms with Gasteiger partial charge < -0.3 is 9.84 Å². The second-order valence-electron chi connectivity index (χ2n) is 3.72. The van der Waals surface area contributed by atoms with Gasteiger partial charge in [-0.05, 0) is 12.5 Å². The summed E-state index contributed by atoms with van der Waals surface area (Å²) in [7, 11) is 0. The van der Waals surface area contributed by atoms with E-state index in [0.717, 1.165) is 37.9 Å². The fourth-order valence-corrected chi connectivity index (χ4v) is 1.39. The van der Waals surface area contributed by atoms with Crippen LogP contribution in [0.15, 0.2) is 12.3 Å². The molecule has 1 aromatic rings. The molecule has 0 bridgehead atoms.